The van der Waals surface area contributed by atoms with E-state index in [0.717, 1.165) is 18.6 Å². The van der Waals surface area contributed by atoms with Gasteiger partial charge in [-0.25, -0.2) is 4.39 Å². The zero-order chi connectivity index (χ0) is 21.6. The second kappa shape index (κ2) is 9.94. The number of nitrogens with zero attached hydrogens (tertiary/aromatic N) is 2. The quantitative estimate of drug-likeness (QED) is 0.643. The van der Waals surface area contributed by atoms with Crippen molar-refractivity contribution >= 4 is 11.8 Å². The van der Waals surface area contributed by atoms with Crippen molar-refractivity contribution in [3.05, 3.63) is 66.0 Å². The number of piperidine rings is 1. The van der Waals surface area contributed by atoms with Crippen molar-refractivity contribution in [3.8, 4) is 5.75 Å². The Morgan fingerprint density at radius 1 is 0.968 bits per heavy atom. The van der Waals surface area contributed by atoms with Crippen LogP contribution in [0.5, 0.6) is 5.75 Å². The Labute approximate surface area is 182 Å². The molecule has 1 saturated heterocycles. The molecule has 0 N–H and O–H groups in total. The Hall–Kier alpha value is -2.89. The van der Waals surface area contributed by atoms with E-state index in [9.17, 15) is 14.0 Å². The topological polar surface area (TPSA) is 49.9 Å². The smallest absolute Gasteiger partial charge is 0.226 e. The lowest BCUT2D eigenvalue weighted by molar-refractivity contribution is -0.141. The van der Waals surface area contributed by atoms with Crippen molar-refractivity contribution < 1.29 is 18.7 Å². The Morgan fingerprint density at radius 3 is 2.32 bits per heavy atom. The summed E-state index contributed by atoms with van der Waals surface area (Å²) in [7, 11) is 0. The fraction of sp³-hybridized carbons (Fsp3) is 0.440. The maximum atomic E-state index is 14.1. The van der Waals surface area contributed by atoms with Gasteiger partial charge >= 0.3 is 0 Å². The molecule has 5 nitrogen and oxygen atoms in total. The van der Waals surface area contributed by atoms with Crippen molar-refractivity contribution in [2.45, 2.75) is 44.7 Å². The number of halogens is 1. The van der Waals surface area contributed by atoms with Crippen LogP contribution in [0.1, 0.15) is 37.7 Å². The molecule has 0 aromatic heterocycles. The van der Waals surface area contributed by atoms with Gasteiger partial charge < -0.3 is 14.5 Å². The maximum absolute atomic E-state index is 14.1. The van der Waals surface area contributed by atoms with E-state index in [0.29, 0.717) is 51.1 Å². The molecular weight excluding hydrogens is 395 g/mol. The van der Waals surface area contributed by atoms with Gasteiger partial charge in [0.15, 0.2) is 0 Å². The molecule has 2 aromatic rings. The first kappa shape index (κ1) is 21.3. The molecule has 0 radical (unpaired) electrons. The molecule has 2 fully saturated rings. The molecule has 4 rings (SSSR count). The monoisotopic (exact) mass is 424 g/mol. The van der Waals surface area contributed by atoms with Gasteiger partial charge in [0, 0.05) is 37.2 Å². The first-order valence-electron chi connectivity index (χ1n) is 11.1. The third-order valence-electron chi connectivity index (χ3n) is 6.09. The Morgan fingerprint density at radius 2 is 1.65 bits per heavy atom. The minimum atomic E-state index is -0.265. The second-order valence-corrected chi connectivity index (χ2v) is 8.36. The number of hydrogen-bond acceptors (Lipinski definition) is 3. The molecule has 2 aromatic carbocycles. The summed E-state index contributed by atoms with van der Waals surface area (Å²) in [5.74, 6) is 0.559. The summed E-state index contributed by atoms with van der Waals surface area (Å²) in [4.78, 5) is 29.4. The molecule has 31 heavy (non-hydrogen) atoms. The predicted octanol–water partition coefficient (Wildman–Crippen LogP) is 4.02. The van der Waals surface area contributed by atoms with Crippen LogP contribution >= 0.6 is 0 Å². The molecule has 164 valence electrons. The molecule has 0 spiro atoms. The zero-order valence-electron chi connectivity index (χ0n) is 17.7. The van der Waals surface area contributed by atoms with Crippen LogP contribution in [0.25, 0.3) is 0 Å². The molecule has 2 aliphatic rings. The molecule has 1 aliphatic heterocycles. The SMILES string of the molecule is O=C(CCOc1ccccc1)N1CCC(C(=O)N(Cc2ccccc2F)C2CC2)CC1. The van der Waals surface area contributed by atoms with Gasteiger partial charge in [0.2, 0.25) is 11.8 Å². The number of para-hydroxylation sites is 1. The van der Waals surface area contributed by atoms with Gasteiger partial charge in [-0.3, -0.25) is 9.59 Å². The van der Waals surface area contributed by atoms with Crippen LogP contribution in [-0.4, -0.2) is 47.4 Å². The van der Waals surface area contributed by atoms with Crippen molar-refractivity contribution in [2.75, 3.05) is 19.7 Å². The fourth-order valence-corrected chi connectivity index (χ4v) is 4.12. The molecular formula is C25H29FN2O3. The van der Waals surface area contributed by atoms with E-state index in [2.05, 4.69) is 0 Å². The van der Waals surface area contributed by atoms with Crippen LogP contribution in [0, 0.1) is 11.7 Å². The Kier molecular flexibility index (Phi) is 6.85. The van der Waals surface area contributed by atoms with Gasteiger partial charge in [-0.15, -0.1) is 0 Å². The summed E-state index contributed by atoms with van der Waals surface area (Å²) in [6.07, 6.45) is 3.61. The minimum Gasteiger partial charge on any atom is -0.493 e. The number of ether oxygens (including phenoxy) is 1. The van der Waals surface area contributed by atoms with Crippen molar-refractivity contribution in [2.24, 2.45) is 5.92 Å². The first-order chi connectivity index (χ1) is 15.1. The van der Waals surface area contributed by atoms with Gasteiger partial charge in [0.1, 0.15) is 11.6 Å². The highest BCUT2D eigenvalue weighted by atomic mass is 19.1. The van der Waals surface area contributed by atoms with E-state index >= 15 is 0 Å². The van der Waals surface area contributed by atoms with E-state index in [-0.39, 0.29) is 29.6 Å². The fourth-order valence-electron chi connectivity index (χ4n) is 4.12. The summed E-state index contributed by atoms with van der Waals surface area (Å²) in [6.45, 7) is 1.84. The highest BCUT2D eigenvalue weighted by Gasteiger charge is 2.37. The third-order valence-corrected chi connectivity index (χ3v) is 6.09. The lowest BCUT2D eigenvalue weighted by Crippen LogP contribution is -2.45. The standard InChI is InChI=1S/C25H29FN2O3/c26-23-9-5-4-6-20(23)18-28(21-10-11-21)25(30)19-12-15-27(16-13-19)24(29)14-17-31-22-7-2-1-3-8-22/h1-9,19,21H,10-18H2. The molecule has 1 aliphatic carbocycles. The molecule has 0 bridgehead atoms. The van der Waals surface area contributed by atoms with Crippen LogP contribution < -0.4 is 4.74 Å². The molecule has 0 unspecified atom stereocenters. The lowest BCUT2D eigenvalue weighted by atomic mass is 9.94. The normalized spacial score (nSPS) is 16.7. The number of rotatable bonds is 8. The minimum absolute atomic E-state index is 0.0623. The second-order valence-electron chi connectivity index (χ2n) is 8.36. The van der Waals surface area contributed by atoms with E-state index < -0.39 is 0 Å². The van der Waals surface area contributed by atoms with Crippen LogP contribution in [0.2, 0.25) is 0 Å². The van der Waals surface area contributed by atoms with Crippen molar-refractivity contribution in [1.82, 2.24) is 9.80 Å². The third kappa shape index (κ3) is 5.63. The number of carbonyl (C=O) groups excluding carboxylic acids is 2. The van der Waals surface area contributed by atoms with E-state index in [1.54, 1.807) is 18.2 Å². The number of likely N-dealkylation sites (tertiary alicyclic amines) is 1. The van der Waals surface area contributed by atoms with Crippen LogP contribution in [0.15, 0.2) is 54.6 Å². The molecule has 1 heterocycles. The van der Waals surface area contributed by atoms with Crippen molar-refractivity contribution in [3.63, 3.8) is 0 Å². The van der Waals surface area contributed by atoms with Gasteiger partial charge in [-0.1, -0.05) is 36.4 Å². The highest BCUT2D eigenvalue weighted by Crippen LogP contribution is 2.32. The van der Waals surface area contributed by atoms with Crippen LogP contribution in [0.3, 0.4) is 0 Å². The van der Waals surface area contributed by atoms with E-state index in [1.165, 1.54) is 6.07 Å². The zero-order valence-corrected chi connectivity index (χ0v) is 17.7. The molecule has 6 heteroatoms. The first-order valence-corrected chi connectivity index (χ1v) is 11.1. The Bertz CT molecular complexity index is 893. The average molecular weight is 425 g/mol. The Balaban J connectivity index is 1.25. The van der Waals surface area contributed by atoms with E-state index in [4.69, 9.17) is 4.74 Å². The predicted molar refractivity (Wildman–Crippen MR) is 116 cm³/mol. The highest BCUT2D eigenvalue weighted by molar-refractivity contribution is 5.81. The van der Waals surface area contributed by atoms with Gasteiger partial charge in [0.05, 0.1) is 13.0 Å². The average Bonchev–Trinajstić information content (AvgIpc) is 3.64. The number of benzene rings is 2. The largest absolute Gasteiger partial charge is 0.493 e. The number of hydrogen-bond donors (Lipinski definition) is 0. The summed E-state index contributed by atoms with van der Waals surface area (Å²) < 4.78 is 19.7. The summed E-state index contributed by atoms with van der Waals surface area (Å²) in [6, 6.07) is 16.3. The number of amides is 2. The van der Waals surface area contributed by atoms with Crippen molar-refractivity contribution in [1.29, 1.82) is 0 Å². The lowest BCUT2D eigenvalue weighted by Gasteiger charge is -2.34. The van der Waals surface area contributed by atoms with Crippen LogP contribution in [0.4, 0.5) is 4.39 Å². The summed E-state index contributed by atoms with van der Waals surface area (Å²) in [5.41, 5.74) is 0.564. The van der Waals surface area contributed by atoms with Gasteiger partial charge in [-0.2, -0.15) is 0 Å². The van der Waals surface area contributed by atoms with Gasteiger partial charge in [0.25, 0.3) is 0 Å². The molecule has 1 saturated carbocycles. The van der Waals surface area contributed by atoms with Crippen LogP contribution in [-0.2, 0) is 16.1 Å². The summed E-state index contributed by atoms with van der Waals surface area (Å²) >= 11 is 0. The number of carbonyl (C=O) groups is 2. The van der Waals surface area contributed by atoms with Gasteiger partial charge in [-0.05, 0) is 43.9 Å². The molecule has 0 atom stereocenters. The maximum Gasteiger partial charge on any atom is 0.226 e. The van der Waals surface area contributed by atoms with E-state index in [1.807, 2.05) is 40.1 Å². The molecule has 2 amide bonds. The summed E-state index contributed by atoms with van der Waals surface area (Å²) in [5, 5.41) is 0.